The zero-order valence-electron chi connectivity index (χ0n) is 7.35. The van der Waals surface area contributed by atoms with E-state index < -0.39 is 0 Å². The molecular formula is C9H12N2O. The highest BCUT2D eigenvalue weighted by atomic mass is 16.5. The van der Waals surface area contributed by atoms with Gasteiger partial charge in [0.2, 0.25) is 0 Å². The predicted molar refractivity (Wildman–Crippen MR) is 48.7 cm³/mol. The Hall–Kier alpha value is -1.51. The highest BCUT2D eigenvalue weighted by Crippen LogP contribution is 1.88. The first-order chi connectivity index (χ1) is 5.63. The summed E-state index contributed by atoms with van der Waals surface area (Å²) >= 11 is 0. The van der Waals surface area contributed by atoms with Crippen LogP contribution in [0.1, 0.15) is 5.82 Å². The second-order valence-electron chi connectivity index (χ2n) is 2.50. The van der Waals surface area contributed by atoms with E-state index >= 15 is 0 Å². The van der Waals surface area contributed by atoms with Gasteiger partial charge in [-0.15, -0.1) is 0 Å². The molecular weight excluding hydrogens is 152 g/mol. The molecule has 0 radical (unpaired) electrons. The Morgan fingerprint density at radius 1 is 1.67 bits per heavy atom. The van der Waals surface area contributed by atoms with Crippen molar-refractivity contribution in [2.24, 2.45) is 0 Å². The van der Waals surface area contributed by atoms with Crippen LogP contribution in [0.15, 0.2) is 12.3 Å². The molecule has 12 heavy (non-hydrogen) atoms. The summed E-state index contributed by atoms with van der Waals surface area (Å²) in [5, 5.41) is 1.56. The van der Waals surface area contributed by atoms with Gasteiger partial charge in [0.05, 0.1) is 17.8 Å². The van der Waals surface area contributed by atoms with E-state index in [-0.39, 0.29) is 0 Å². The molecule has 0 atom stereocenters. The summed E-state index contributed by atoms with van der Waals surface area (Å²) in [5.41, 5.74) is 0. The topological polar surface area (TPSA) is 37.9 Å². The number of allylic oxidation sites excluding steroid dienone is 1. The molecule has 1 aromatic heterocycles. The van der Waals surface area contributed by atoms with Gasteiger partial charge in [0.25, 0.3) is 0 Å². The van der Waals surface area contributed by atoms with Crippen molar-refractivity contribution >= 4 is 12.7 Å². The van der Waals surface area contributed by atoms with Gasteiger partial charge in [0.15, 0.2) is 0 Å². The Labute approximate surface area is 71.1 Å². The van der Waals surface area contributed by atoms with E-state index in [1.807, 2.05) is 6.92 Å². The lowest BCUT2D eigenvalue weighted by atomic mass is 10.4. The van der Waals surface area contributed by atoms with Crippen molar-refractivity contribution in [1.29, 1.82) is 0 Å². The van der Waals surface area contributed by atoms with Crippen molar-refractivity contribution in [3.63, 3.8) is 0 Å². The third-order valence-corrected chi connectivity index (χ3v) is 1.49. The molecule has 0 aromatic carbocycles. The van der Waals surface area contributed by atoms with Crippen molar-refractivity contribution in [1.82, 2.24) is 9.97 Å². The van der Waals surface area contributed by atoms with Crippen LogP contribution in [0, 0.1) is 6.92 Å². The van der Waals surface area contributed by atoms with E-state index in [1.54, 1.807) is 13.2 Å². The van der Waals surface area contributed by atoms with E-state index in [9.17, 15) is 0 Å². The van der Waals surface area contributed by atoms with Gasteiger partial charge in [-0.1, -0.05) is 13.2 Å². The van der Waals surface area contributed by atoms with Crippen molar-refractivity contribution in [2.45, 2.75) is 6.92 Å². The number of aromatic amines is 1. The molecule has 3 nitrogen and oxygen atoms in total. The van der Waals surface area contributed by atoms with Crippen LogP contribution in [-0.2, 0) is 4.74 Å². The molecule has 1 heterocycles. The quantitative estimate of drug-likeness (QED) is 0.628. The van der Waals surface area contributed by atoms with Gasteiger partial charge in [0.1, 0.15) is 11.6 Å². The second-order valence-corrected chi connectivity index (χ2v) is 2.50. The summed E-state index contributed by atoms with van der Waals surface area (Å²) in [6.45, 7) is 9.32. The van der Waals surface area contributed by atoms with Crippen molar-refractivity contribution in [3.05, 3.63) is 28.9 Å². The van der Waals surface area contributed by atoms with E-state index in [2.05, 4.69) is 23.1 Å². The first-order valence-corrected chi connectivity index (χ1v) is 3.59. The molecule has 1 N–H and O–H groups in total. The molecule has 0 fully saturated rings. The van der Waals surface area contributed by atoms with E-state index in [0.29, 0.717) is 5.76 Å². The number of methoxy groups -OCH3 is 1. The molecule has 0 saturated carbocycles. The Bertz CT molecular complexity index is 389. The second kappa shape index (κ2) is 3.26. The molecule has 0 unspecified atom stereocenters. The highest BCUT2D eigenvalue weighted by molar-refractivity contribution is 5.38. The van der Waals surface area contributed by atoms with E-state index in [0.717, 1.165) is 16.5 Å². The van der Waals surface area contributed by atoms with Crippen molar-refractivity contribution in [3.8, 4) is 0 Å². The van der Waals surface area contributed by atoms with Crippen LogP contribution in [-0.4, -0.2) is 17.1 Å². The molecule has 0 bridgehead atoms. The minimum absolute atomic E-state index is 0.575. The minimum atomic E-state index is 0.575. The van der Waals surface area contributed by atoms with Gasteiger partial charge >= 0.3 is 0 Å². The van der Waals surface area contributed by atoms with Gasteiger partial charge in [-0.25, -0.2) is 4.98 Å². The molecule has 0 aliphatic carbocycles. The van der Waals surface area contributed by atoms with Gasteiger partial charge in [-0.3, -0.25) is 0 Å². The standard InChI is InChI=1S/C9H12N2O/c1-6(12-4)5-9-7(2)10-8(3)11-9/h5H,1-2H2,3-4H3,(H,10,11)/b9-5+. The average Bonchev–Trinajstić information content (AvgIpc) is 2.30. The fraction of sp³-hybridized carbons (Fsp3) is 0.222. The molecule has 0 saturated heterocycles. The summed E-state index contributed by atoms with van der Waals surface area (Å²) in [6, 6.07) is 0. The largest absolute Gasteiger partial charge is 0.497 e. The van der Waals surface area contributed by atoms with Gasteiger partial charge < -0.3 is 9.72 Å². The van der Waals surface area contributed by atoms with Crippen LogP contribution in [0.5, 0.6) is 0 Å². The maximum atomic E-state index is 4.89. The molecule has 3 heteroatoms. The Kier molecular flexibility index (Phi) is 2.33. The average molecular weight is 164 g/mol. The van der Waals surface area contributed by atoms with Gasteiger partial charge in [-0.05, 0) is 6.92 Å². The van der Waals surface area contributed by atoms with Crippen LogP contribution in [0.4, 0.5) is 0 Å². The number of nitrogens with zero attached hydrogens (tertiary/aromatic N) is 1. The molecule has 1 rings (SSSR count). The Balaban J connectivity index is 3.18. The Morgan fingerprint density at radius 2 is 2.33 bits per heavy atom. The maximum absolute atomic E-state index is 4.89. The third kappa shape index (κ3) is 1.75. The van der Waals surface area contributed by atoms with E-state index in [1.165, 1.54) is 0 Å². The number of hydrogen-bond donors (Lipinski definition) is 1. The number of aromatic nitrogens is 2. The van der Waals surface area contributed by atoms with Crippen LogP contribution >= 0.6 is 0 Å². The number of aryl methyl sites for hydroxylation is 1. The number of nitrogens with one attached hydrogen (secondary N) is 1. The molecule has 1 aromatic rings. The summed E-state index contributed by atoms with van der Waals surface area (Å²) < 4.78 is 4.89. The lowest BCUT2D eigenvalue weighted by Gasteiger charge is -1.92. The predicted octanol–water partition coefficient (Wildman–Crippen LogP) is 0.0690. The summed E-state index contributed by atoms with van der Waals surface area (Å²) in [6.07, 6.45) is 1.74. The molecule has 0 aliphatic rings. The lowest BCUT2D eigenvalue weighted by Crippen LogP contribution is -2.22. The van der Waals surface area contributed by atoms with Crippen LogP contribution in [0.2, 0.25) is 0 Å². The van der Waals surface area contributed by atoms with Crippen LogP contribution in [0.3, 0.4) is 0 Å². The smallest absolute Gasteiger partial charge is 0.113 e. The first-order valence-electron chi connectivity index (χ1n) is 3.59. The zero-order chi connectivity index (χ0) is 9.14. The number of H-pyrrole nitrogens is 1. The normalized spacial score (nSPS) is 11.7. The SMILES string of the molecule is C=C(/C=c1/nc(C)[nH]c1=C)OC. The van der Waals surface area contributed by atoms with Crippen molar-refractivity contribution < 1.29 is 4.74 Å². The monoisotopic (exact) mass is 164 g/mol. The number of ether oxygens (including phenoxy) is 1. The summed E-state index contributed by atoms with van der Waals surface area (Å²) in [4.78, 5) is 7.17. The molecule has 64 valence electrons. The Morgan fingerprint density at radius 3 is 2.75 bits per heavy atom. The van der Waals surface area contributed by atoms with Crippen molar-refractivity contribution in [2.75, 3.05) is 7.11 Å². The van der Waals surface area contributed by atoms with Gasteiger partial charge in [0, 0.05) is 6.08 Å². The fourth-order valence-corrected chi connectivity index (χ4v) is 0.889. The van der Waals surface area contributed by atoms with E-state index in [4.69, 9.17) is 4.74 Å². The summed E-state index contributed by atoms with van der Waals surface area (Å²) in [7, 11) is 1.57. The van der Waals surface area contributed by atoms with Crippen LogP contribution in [0.25, 0.3) is 12.7 Å². The van der Waals surface area contributed by atoms with Crippen LogP contribution < -0.4 is 10.7 Å². The molecule has 0 spiro atoms. The highest BCUT2D eigenvalue weighted by Gasteiger charge is 1.91. The maximum Gasteiger partial charge on any atom is 0.113 e. The van der Waals surface area contributed by atoms with Gasteiger partial charge in [-0.2, -0.15) is 0 Å². The third-order valence-electron chi connectivity index (χ3n) is 1.49. The number of hydrogen-bond acceptors (Lipinski definition) is 2. The number of rotatable bonds is 2. The fourth-order valence-electron chi connectivity index (χ4n) is 0.889. The summed E-state index contributed by atoms with van der Waals surface area (Å²) in [5.74, 6) is 1.42. The zero-order valence-corrected chi connectivity index (χ0v) is 7.35. The number of imidazole rings is 1. The lowest BCUT2D eigenvalue weighted by molar-refractivity contribution is 0.315. The molecule has 0 amide bonds. The molecule has 0 aliphatic heterocycles. The first kappa shape index (κ1) is 8.59. The minimum Gasteiger partial charge on any atom is -0.497 e.